The van der Waals surface area contributed by atoms with Crippen molar-refractivity contribution in [3.8, 4) is 0 Å². The van der Waals surface area contributed by atoms with Crippen LogP contribution in [-0.2, 0) is 0 Å². The first-order chi connectivity index (χ1) is 4.91. The summed E-state index contributed by atoms with van der Waals surface area (Å²) in [6, 6.07) is 0. The largest absolute Gasteiger partial charge is 0.258 e. The Balaban J connectivity index is -0.000000405. The van der Waals surface area contributed by atoms with Gasteiger partial charge in [0.2, 0.25) is 0 Å². The minimum absolute atomic E-state index is 0. The normalized spacial score (nSPS) is 8.50. The van der Waals surface area contributed by atoms with Gasteiger partial charge in [-0.1, -0.05) is 26.7 Å². The SMILES string of the molecule is CCCCNNCCCC.Cl.Cl. The quantitative estimate of drug-likeness (QED) is 0.505. The van der Waals surface area contributed by atoms with E-state index < -0.39 is 0 Å². The number of unbranched alkanes of at least 4 members (excludes halogenated alkanes) is 2. The summed E-state index contributed by atoms with van der Waals surface area (Å²) in [6.07, 6.45) is 5.06. The minimum atomic E-state index is 0. The molecule has 0 bridgehead atoms. The number of rotatable bonds is 7. The maximum atomic E-state index is 3.17. The first-order valence-corrected chi connectivity index (χ1v) is 4.37. The van der Waals surface area contributed by atoms with Crippen molar-refractivity contribution in [2.24, 2.45) is 0 Å². The van der Waals surface area contributed by atoms with Gasteiger partial charge >= 0.3 is 0 Å². The van der Waals surface area contributed by atoms with Crippen molar-refractivity contribution < 1.29 is 0 Å². The van der Waals surface area contributed by atoms with Crippen molar-refractivity contribution >= 4 is 24.8 Å². The van der Waals surface area contributed by atoms with Crippen LogP contribution in [0.4, 0.5) is 0 Å². The second-order valence-electron chi connectivity index (χ2n) is 2.56. The molecule has 0 aromatic carbocycles. The Morgan fingerprint density at radius 2 is 1.08 bits per heavy atom. The maximum Gasteiger partial charge on any atom is 0.00996 e. The lowest BCUT2D eigenvalue weighted by atomic mass is 10.3. The van der Waals surface area contributed by atoms with Crippen LogP contribution >= 0.6 is 24.8 Å². The molecule has 0 atom stereocenters. The Kier molecular flexibility index (Phi) is 26.8. The molecule has 4 heteroatoms. The highest BCUT2D eigenvalue weighted by atomic mass is 35.5. The van der Waals surface area contributed by atoms with Gasteiger partial charge in [-0.15, -0.1) is 24.8 Å². The molecule has 12 heavy (non-hydrogen) atoms. The molecule has 0 heterocycles. The third kappa shape index (κ3) is 16.8. The number of nitrogens with one attached hydrogen (secondary N) is 2. The van der Waals surface area contributed by atoms with E-state index in [2.05, 4.69) is 24.7 Å². The lowest BCUT2D eigenvalue weighted by molar-refractivity contribution is 0.506. The smallest absolute Gasteiger partial charge is 0.00996 e. The lowest BCUT2D eigenvalue weighted by Crippen LogP contribution is -2.33. The van der Waals surface area contributed by atoms with Gasteiger partial charge in [0.25, 0.3) is 0 Å². The fourth-order valence-electron chi connectivity index (χ4n) is 0.707. The third-order valence-electron chi connectivity index (χ3n) is 1.44. The highest BCUT2D eigenvalue weighted by Crippen LogP contribution is 1.82. The molecule has 0 rings (SSSR count). The van der Waals surface area contributed by atoms with E-state index >= 15 is 0 Å². The van der Waals surface area contributed by atoms with Crippen molar-refractivity contribution in [2.75, 3.05) is 13.1 Å². The van der Waals surface area contributed by atoms with Gasteiger partial charge in [-0.25, -0.2) is 0 Å². The van der Waals surface area contributed by atoms with Gasteiger partial charge in [-0.2, -0.15) is 0 Å². The second kappa shape index (κ2) is 17.5. The molecule has 0 saturated heterocycles. The highest BCUT2D eigenvalue weighted by Gasteiger charge is 1.83. The van der Waals surface area contributed by atoms with Gasteiger partial charge in [0.05, 0.1) is 0 Å². The summed E-state index contributed by atoms with van der Waals surface area (Å²) < 4.78 is 0. The van der Waals surface area contributed by atoms with Crippen LogP contribution in [-0.4, -0.2) is 13.1 Å². The van der Waals surface area contributed by atoms with Crippen LogP contribution in [0, 0.1) is 0 Å². The maximum absolute atomic E-state index is 3.17. The molecule has 0 aromatic heterocycles. The highest BCUT2D eigenvalue weighted by molar-refractivity contribution is 5.85. The molecule has 0 aliphatic rings. The Morgan fingerprint density at radius 1 is 0.750 bits per heavy atom. The average Bonchev–Trinajstić information content (AvgIpc) is 1.97. The number of hydrazine groups is 1. The number of hydrogen-bond donors (Lipinski definition) is 2. The van der Waals surface area contributed by atoms with Crippen molar-refractivity contribution in [3.05, 3.63) is 0 Å². The van der Waals surface area contributed by atoms with Gasteiger partial charge < -0.3 is 0 Å². The van der Waals surface area contributed by atoms with E-state index in [1.807, 2.05) is 0 Å². The van der Waals surface area contributed by atoms with Crippen molar-refractivity contribution in [2.45, 2.75) is 39.5 Å². The first kappa shape index (κ1) is 18.3. The molecule has 0 unspecified atom stereocenters. The molecule has 0 saturated carbocycles. The summed E-state index contributed by atoms with van der Waals surface area (Å²) in [5.74, 6) is 0. The second-order valence-corrected chi connectivity index (χ2v) is 2.56. The molecule has 0 aliphatic heterocycles. The van der Waals surface area contributed by atoms with E-state index in [-0.39, 0.29) is 24.8 Å². The van der Waals surface area contributed by atoms with Crippen molar-refractivity contribution in [1.29, 1.82) is 0 Å². The predicted molar refractivity (Wildman–Crippen MR) is 60.3 cm³/mol. The molecule has 0 aromatic rings. The van der Waals surface area contributed by atoms with Gasteiger partial charge in [-0.3, -0.25) is 10.9 Å². The van der Waals surface area contributed by atoms with Gasteiger partial charge in [0.15, 0.2) is 0 Å². The molecule has 2 N–H and O–H groups in total. The van der Waals surface area contributed by atoms with E-state index in [1.165, 1.54) is 25.7 Å². The van der Waals surface area contributed by atoms with Crippen molar-refractivity contribution in [1.82, 2.24) is 10.9 Å². The number of halogens is 2. The zero-order valence-electron chi connectivity index (χ0n) is 8.06. The monoisotopic (exact) mass is 216 g/mol. The summed E-state index contributed by atoms with van der Waals surface area (Å²) in [5, 5.41) is 0. The van der Waals surface area contributed by atoms with Crippen LogP contribution < -0.4 is 10.9 Å². The van der Waals surface area contributed by atoms with Crippen LogP contribution in [0.5, 0.6) is 0 Å². The standard InChI is InChI=1S/C8H20N2.2ClH/c1-3-5-7-9-10-8-6-4-2;;/h9-10H,3-8H2,1-2H3;2*1H. The molecule has 0 spiro atoms. The van der Waals surface area contributed by atoms with E-state index in [9.17, 15) is 0 Å². The average molecular weight is 217 g/mol. The van der Waals surface area contributed by atoms with Crippen molar-refractivity contribution in [3.63, 3.8) is 0 Å². The van der Waals surface area contributed by atoms with Crippen LogP contribution in [0.15, 0.2) is 0 Å². The fourth-order valence-corrected chi connectivity index (χ4v) is 0.707. The molecular weight excluding hydrogens is 195 g/mol. The van der Waals surface area contributed by atoms with Crippen LogP contribution in [0.25, 0.3) is 0 Å². The molecular formula is C8H22Cl2N2. The zero-order chi connectivity index (χ0) is 7.66. The summed E-state index contributed by atoms with van der Waals surface area (Å²) in [4.78, 5) is 0. The van der Waals surface area contributed by atoms with Crippen LogP contribution in [0.1, 0.15) is 39.5 Å². The zero-order valence-corrected chi connectivity index (χ0v) is 9.69. The molecule has 0 radical (unpaired) electrons. The fraction of sp³-hybridized carbons (Fsp3) is 1.00. The number of hydrogen-bond acceptors (Lipinski definition) is 2. The predicted octanol–water partition coefficient (Wildman–Crippen LogP) is 2.52. The summed E-state index contributed by atoms with van der Waals surface area (Å²) >= 11 is 0. The lowest BCUT2D eigenvalue weighted by Gasteiger charge is -2.03. The molecule has 0 amide bonds. The Morgan fingerprint density at radius 3 is 1.33 bits per heavy atom. The van der Waals surface area contributed by atoms with E-state index in [4.69, 9.17) is 0 Å². The van der Waals surface area contributed by atoms with Gasteiger partial charge in [0, 0.05) is 13.1 Å². The third-order valence-corrected chi connectivity index (χ3v) is 1.44. The topological polar surface area (TPSA) is 24.1 Å². The Bertz CT molecular complexity index is 55.0. The molecule has 0 aliphatic carbocycles. The Hall–Kier alpha value is 0.500. The van der Waals surface area contributed by atoms with E-state index in [1.54, 1.807) is 0 Å². The summed E-state index contributed by atoms with van der Waals surface area (Å²) in [7, 11) is 0. The van der Waals surface area contributed by atoms with Gasteiger partial charge in [0.1, 0.15) is 0 Å². The van der Waals surface area contributed by atoms with E-state index in [0.29, 0.717) is 0 Å². The van der Waals surface area contributed by atoms with Gasteiger partial charge in [-0.05, 0) is 12.8 Å². The van der Waals surface area contributed by atoms with Crippen LogP contribution in [0.3, 0.4) is 0 Å². The minimum Gasteiger partial charge on any atom is -0.258 e. The molecule has 0 fully saturated rings. The molecule has 78 valence electrons. The van der Waals surface area contributed by atoms with Crippen LogP contribution in [0.2, 0.25) is 0 Å². The summed E-state index contributed by atoms with van der Waals surface area (Å²) in [6.45, 7) is 6.60. The summed E-state index contributed by atoms with van der Waals surface area (Å²) in [5.41, 5.74) is 6.34. The first-order valence-electron chi connectivity index (χ1n) is 4.37. The Labute approximate surface area is 88.7 Å². The van der Waals surface area contributed by atoms with E-state index in [0.717, 1.165) is 13.1 Å². The molecule has 2 nitrogen and oxygen atoms in total.